The smallest absolute Gasteiger partial charge is 0.251 e. The minimum absolute atomic E-state index is 0.153. The lowest BCUT2D eigenvalue weighted by atomic mass is 10.1. The van der Waals surface area contributed by atoms with Gasteiger partial charge < -0.3 is 20.4 Å². The number of guanidine groups is 1. The molecule has 0 saturated heterocycles. The molecular weight excluding hydrogens is 316 g/mol. The van der Waals surface area contributed by atoms with Gasteiger partial charge in [0.05, 0.1) is 25.9 Å². The summed E-state index contributed by atoms with van der Waals surface area (Å²) in [6.07, 6.45) is 6.83. The standard InChI is InChI=1S/C19H22N4O2/c1-3-10-21-19(20-4-2)23-13-15-7-5-8-16(12-15)18(24)22-14-17-9-6-11-25-17/h1,5-9,11-12H,4,10,13-14H2,2H3,(H,22,24)(H2,20,21,23). The fourth-order valence-corrected chi connectivity index (χ4v) is 2.14. The average molecular weight is 338 g/mol. The largest absolute Gasteiger partial charge is 0.467 e. The van der Waals surface area contributed by atoms with E-state index in [0.717, 1.165) is 12.1 Å². The normalized spacial score (nSPS) is 10.8. The first-order valence-corrected chi connectivity index (χ1v) is 8.08. The number of benzene rings is 1. The molecule has 0 aliphatic heterocycles. The number of rotatable bonds is 7. The van der Waals surface area contributed by atoms with Crippen LogP contribution < -0.4 is 16.0 Å². The molecule has 3 N–H and O–H groups in total. The van der Waals surface area contributed by atoms with E-state index in [0.29, 0.717) is 36.9 Å². The van der Waals surface area contributed by atoms with Gasteiger partial charge >= 0.3 is 0 Å². The Hall–Kier alpha value is -3.20. The van der Waals surface area contributed by atoms with Crippen molar-refractivity contribution in [2.75, 3.05) is 13.1 Å². The van der Waals surface area contributed by atoms with Gasteiger partial charge in [0.1, 0.15) is 5.76 Å². The van der Waals surface area contributed by atoms with Crippen LogP contribution in [0.1, 0.15) is 28.6 Å². The quantitative estimate of drug-likeness (QED) is 0.409. The van der Waals surface area contributed by atoms with E-state index in [-0.39, 0.29) is 5.91 Å². The molecule has 0 radical (unpaired) electrons. The first-order chi connectivity index (χ1) is 12.2. The molecule has 1 aromatic carbocycles. The Kier molecular flexibility index (Phi) is 7.13. The number of amides is 1. The average Bonchev–Trinajstić information content (AvgIpc) is 3.16. The van der Waals surface area contributed by atoms with Gasteiger partial charge in [0.25, 0.3) is 5.91 Å². The molecule has 0 spiro atoms. The van der Waals surface area contributed by atoms with Gasteiger partial charge in [0.15, 0.2) is 5.96 Å². The summed E-state index contributed by atoms with van der Waals surface area (Å²) in [5.41, 5.74) is 1.52. The van der Waals surface area contributed by atoms with E-state index in [1.807, 2.05) is 31.2 Å². The molecule has 0 saturated carbocycles. The van der Waals surface area contributed by atoms with E-state index in [9.17, 15) is 4.79 Å². The Morgan fingerprint density at radius 1 is 1.24 bits per heavy atom. The summed E-state index contributed by atoms with van der Waals surface area (Å²) in [5, 5.41) is 8.97. The monoisotopic (exact) mass is 338 g/mol. The molecular formula is C19H22N4O2. The van der Waals surface area contributed by atoms with Gasteiger partial charge in [-0.15, -0.1) is 6.42 Å². The van der Waals surface area contributed by atoms with Gasteiger partial charge in [0.2, 0.25) is 0 Å². The van der Waals surface area contributed by atoms with Crippen LogP contribution in [0.15, 0.2) is 52.1 Å². The zero-order valence-electron chi connectivity index (χ0n) is 14.2. The lowest BCUT2D eigenvalue weighted by Gasteiger charge is -2.09. The van der Waals surface area contributed by atoms with Crippen LogP contribution in [0.3, 0.4) is 0 Å². The van der Waals surface area contributed by atoms with Gasteiger partial charge in [-0.25, -0.2) is 4.99 Å². The zero-order chi connectivity index (χ0) is 17.9. The third-order valence-electron chi connectivity index (χ3n) is 3.31. The zero-order valence-corrected chi connectivity index (χ0v) is 14.2. The van der Waals surface area contributed by atoms with Crippen LogP contribution in [-0.2, 0) is 13.1 Å². The van der Waals surface area contributed by atoms with Crippen molar-refractivity contribution < 1.29 is 9.21 Å². The molecule has 6 nitrogen and oxygen atoms in total. The number of hydrogen-bond donors (Lipinski definition) is 3. The Labute approximate surface area is 147 Å². The summed E-state index contributed by atoms with van der Waals surface area (Å²) in [7, 11) is 0. The van der Waals surface area contributed by atoms with Crippen molar-refractivity contribution in [1.29, 1.82) is 0 Å². The van der Waals surface area contributed by atoms with Gasteiger partial charge in [-0.2, -0.15) is 0 Å². The number of furan rings is 1. The van der Waals surface area contributed by atoms with E-state index in [2.05, 4.69) is 26.9 Å². The molecule has 0 atom stereocenters. The van der Waals surface area contributed by atoms with Crippen molar-refractivity contribution in [3.8, 4) is 12.3 Å². The van der Waals surface area contributed by atoms with Crippen molar-refractivity contribution in [3.05, 3.63) is 59.5 Å². The van der Waals surface area contributed by atoms with Crippen molar-refractivity contribution in [3.63, 3.8) is 0 Å². The van der Waals surface area contributed by atoms with E-state index >= 15 is 0 Å². The summed E-state index contributed by atoms with van der Waals surface area (Å²) in [4.78, 5) is 16.7. The molecule has 25 heavy (non-hydrogen) atoms. The van der Waals surface area contributed by atoms with Crippen LogP contribution in [0.4, 0.5) is 0 Å². The number of hydrogen-bond acceptors (Lipinski definition) is 3. The second-order valence-corrected chi connectivity index (χ2v) is 5.22. The van der Waals surface area contributed by atoms with Crippen LogP contribution >= 0.6 is 0 Å². The Balaban J connectivity index is 1.97. The summed E-state index contributed by atoms with van der Waals surface area (Å²) >= 11 is 0. The third-order valence-corrected chi connectivity index (χ3v) is 3.31. The van der Waals surface area contributed by atoms with E-state index in [1.54, 1.807) is 18.4 Å². The molecule has 2 rings (SSSR count). The van der Waals surface area contributed by atoms with Crippen LogP contribution in [-0.4, -0.2) is 25.0 Å². The molecule has 1 aromatic heterocycles. The molecule has 0 bridgehead atoms. The number of nitrogens with zero attached hydrogens (tertiary/aromatic N) is 1. The van der Waals surface area contributed by atoms with Crippen LogP contribution in [0.2, 0.25) is 0 Å². The highest BCUT2D eigenvalue weighted by Crippen LogP contribution is 2.07. The fourth-order valence-electron chi connectivity index (χ4n) is 2.14. The lowest BCUT2D eigenvalue weighted by Crippen LogP contribution is -2.37. The molecule has 0 unspecified atom stereocenters. The summed E-state index contributed by atoms with van der Waals surface area (Å²) < 4.78 is 5.20. The van der Waals surface area contributed by atoms with Crippen LogP contribution in [0.5, 0.6) is 0 Å². The van der Waals surface area contributed by atoms with Gasteiger partial charge in [0, 0.05) is 12.1 Å². The van der Waals surface area contributed by atoms with Crippen molar-refractivity contribution >= 4 is 11.9 Å². The number of carbonyl (C=O) groups excluding carboxylic acids is 1. The predicted molar refractivity (Wildman–Crippen MR) is 98.0 cm³/mol. The molecule has 0 aliphatic rings. The van der Waals surface area contributed by atoms with Crippen LogP contribution in [0, 0.1) is 12.3 Å². The predicted octanol–water partition coefficient (Wildman–Crippen LogP) is 1.90. The van der Waals surface area contributed by atoms with Crippen molar-refractivity contribution in [1.82, 2.24) is 16.0 Å². The number of carbonyl (C=O) groups is 1. The second kappa shape index (κ2) is 9.83. The Bertz CT molecular complexity index is 745. The number of aliphatic imine (C=N–C) groups is 1. The molecule has 1 amide bonds. The summed E-state index contributed by atoms with van der Waals surface area (Å²) in [6, 6.07) is 11.0. The van der Waals surface area contributed by atoms with Crippen molar-refractivity contribution in [2.24, 2.45) is 4.99 Å². The fraction of sp³-hybridized carbons (Fsp3) is 0.263. The highest BCUT2D eigenvalue weighted by molar-refractivity contribution is 5.94. The maximum absolute atomic E-state index is 12.2. The van der Waals surface area contributed by atoms with Gasteiger partial charge in [-0.1, -0.05) is 18.1 Å². The summed E-state index contributed by atoms with van der Waals surface area (Å²) in [6.45, 7) is 3.93. The molecule has 6 heteroatoms. The highest BCUT2D eigenvalue weighted by Gasteiger charge is 2.07. The topological polar surface area (TPSA) is 78.7 Å². The molecule has 2 aromatic rings. The van der Waals surface area contributed by atoms with Crippen molar-refractivity contribution in [2.45, 2.75) is 20.0 Å². The maximum atomic E-state index is 12.2. The second-order valence-electron chi connectivity index (χ2n) is 5.22. The minimum Gasteiger partial charge on any atom is -0.467 e. The van der Waals surface area contributed by atoms with E-state index in [4.69, 9.17) is 10.8 Å². The molecule has 130 valence electrons. The first kappa shape index (κ1) is 18.1. The molecule has 1 heterocycles. The SMILES string of the molecule is C#CCNC(=NCc1cccc(C(=O)NCc2ccco2)c1)NCC. The van der Waals surface area contributed by atoms with E-state index in [1.165, 1.54) is 0 Å². The molecule has 0 aliphatic carbocycles. The summed E-state index contributed by atoms with van der Waals surface area (Å²) in [5.74, 6) is 3.72. The van der Waals surface area contributed by atoms with Gasteiger partial charge in [-0.05, 0) is 36.8 Å². The highest BCUT2D eigenvalue weighted by atomic mass is 16.3. The number of terminal acetylenes is 1. The van der Waals surface area contributed by atoms with E-state index < -0.39 is 0 Å². The number of nitrogens with one attached hydrogen (secondary N) is 3. The lowest BCUT2D eigenvalue weighted by molar-refractivity contribution is 0.0948. The maximum Gasteiger partial charge on any atom is 0.251 e. The van der Waals surface area contributed by atoms with Crippen LogP contribution in [0.25, 0.3) is 0 Å². The third kappa shape index (κ3) is 6.07. The minimum atomic E-state index is -0.153. The first-order valence-electron chi connectivity index (χ1n) is 8.08. The molecule has 0 fully saturated rings. The Morgan fingerprint density at radius 3 is 2.84 bits per heavy atom. The Morgan fingerprint density at radius 2 is 2.12 bits per heavy atom. The van der Waals surface area contributed by atoms with Gasteiger partial charge in [-0.3, -0.25) is 4.79 Å².